The molecule has 0 fully saturated rings. The Morgan fingerprint density at radius 2 is 2.11 bits per heavy atom. The first-order valence-electron chi connectivity index (χ1n) is 6.18. The van der Waals surface area contributed by atoms with Gasteiger partial charge in [-0.15, -0.1) is 0 Å². The molecular weight excluding hydrogens is 248 g/mol. The zero-order valence-electron chi connectivity index (χ0n) is 11.5. The van der Waals surface area contributed by atoms with Crippen molar-refractivity contribution in [2.75, 3.05) is 14.1 Å². The minimum Gasteiger partial charge on any atom is -0.503 e. The van der Waals surface area contributed by atoms with Crippen molar-refractivity contribution in [3.63, 3.8) is 0 Å². The maximum absolute atomic E-state index is 11.5. The van der Waals surface area contributed by atoms with Crippen molar-refractivity contribution in [1.29, 1.82) is 0 Å². The average molecular weight is 268 g/mol. The smallest absolute Gasteiger partial charge is 0.326 e. The van der Waals surface area contributed by atoms with Gasteiger partial charge in [-0.05, 0) is 20.5 Å². The standard InChI is InChI=1S/C13H20N2O4/c1-4-5-10(13(18)19)15-8-12(17)11(16)6-9(15)7-14(2)3/h6,8,10,17H,4-5,7H2,1-3H3,(H,18,19). The third-order valence-corrected chi connectivity index (χ3v) is 2.80. The second-order valence-corrected chi connectivity index (χ2v) is 4.80. The molecular formula is C13H20N2O4. The summed E-state index contributed by atoms with van der Waals surface area (Å²) in [7, 11) is 3.66. The molecule has 1 rings (SSSR count). The number of nitrogens with zero attached hydrogens (tertiary/aromatic N) is 2. The minimum atomic E-state index is -0.968. The topological polar surface area (TPSA) is 82.8 Å². The van der Waals surface area contributed by atoms with Crippen molar-refractivity contribution in [1.82, 2.24) is 9.47 Å². The van der Waals surface area contributed by atoms with Crippen LogP contribution in [0.25, 0.3) is 0 Å². The summed E-state index contributed by atoms with van der Waals surface area (Å²) >= 11 is 0. The third-order valence-electron chi connectivity index (χ3n) is 2.80. The molecule has 0 saturated heterocycles. The first kappa shape index (κ1) is 15.2. The molecule has 0 bridgehead atoms. The third kappa shape index (κ3) is 3.82. The van der Waals surface area contributed by atoms with Crippen LogP contribution in [0.15, 0.2) is 17.1 Å². The van der Waals surface area contributed by atoms with Gasteiger partial charge in [0.25, 0.3) is 0 Å². The van der Waals surface area contributed by atoms with E-state index < -0.39 is 23.2 Å². The van der Waals surface area contributed by atoms with Crippen LogP contribution in [-0.2, 0) is 11.3 Å². The highest BCUT2D eigenvalue weighted by molar-refractivity contribution is 5.72. The van der Waals surface area contributed by atoms with E-state index in [-0.39, 0.29) is 0 Å². The van der Waals surface area contributed by atoms with Crippen molar-refractivity contribution in [2.45, 2.75) is 32.4 Å². The maximum Gasteiger partial charge on any atom is 0.326 e. The van der Waals surface area contributed by atoms with Crippen molar-refractivity contribution in [3.8, 4) is 5.75 Å². The van der Waals surface area contributed by atoms with Gasteiger partial charge in [-0.3, -0.25) is 4.79 Å². The van der Waals surface area contributed by atoms with Crippen molar-refractivity contribution in [2.24, 2.45) is 0 Å². The molecule has 0 radical (unpaired) electrons. The summed E-state index contributed by atoms with van der Waals surface area (Å²) in [6.45, 7) is 2.33. The number of carboxylic acid groups (broad SMARTS) is 1. The van der Waals surface area contributed by atoms with E-state index >= 15 is 0 Å². The Morgan fingerprint density at radius 3 is 2.58 bits per heavy atom. The van der Waals surface area contributed by atoms with Crippen LogP contribution in [-0.4, -0.2) is 39.7 Å². The van der Waals surface area contributed by atoms with Gasteiger partial charge in [0.05, 0.1) is 6.20 Å². The Morgan fingerprint density at radius 1 is 1.47 bits per heavy atom. The molecule has 19 heavy (non-hydrogen) atoms. The number of pyridine rings is 1. The molecule has 0 amide bonds. The van der Waals surface area contributed by atoms with Gasteiger partial charge in [0.2, 0.25) is 5.43 Å². The fraction of sp³-hybridized carbons (Fsp3) is 0.538. The lowest BCUT2D eigenvalue weighted by atomic mass is 10.1. The number of carboxylic acids is 1. The van der Waals surface area contributed by atoms with E-state index in [0.717, 1.165) is 0 Å². The number of hydrogen-bond donors (Lipinski definition) is 2. The molecule has 1 unspecified atom stereocenters. The number of rotatable bonds is 6. The zero-order valence-corrected chi connectivity index (χ0v) is 11.5. The lowest BCUT2D eigenvalue weighted by Crippen LogP contribution is -2.26. The van der Waals surface area contributed by atoms with Crippen LogP contribution in [0, 0.1) is 0 Å². The second-order valence-electron chi connectivity index (χ2n) is 4.80. The first-order chi connectivity index (χ1) is 8.86. The van der Waals surface area contributed by atoms with Gasteiger partial charge in [0.15, 0.2) is 5.75 Å². The first-order valence-corrected chi connectivity index (χ1v) is 6.18. The van der Waals surface area contributed by atoms with Gasteiger partial charge in [-0.2, -0.15) is 0 Å². The van der Waals surface area contributed by atoms with Crippen LogP contribution in [0.4, 0.5) is 0 Å². The molecule has 0 aromatic carbocycles. The highest BCUT2D eigenvalue weighted by Gasteiger charge is 2.21. The molecule has 0 spiro atoms. The van der Waals surface area contributed by atoms with Crippen LogP contribution in [0.3, 0.4) is 0 Å². The van der Waals surface area contributed by atoms with Gasteiger partial charge in [-0.1, -0.05) is 13.3 Å². The minimum absolute atomic E-state index is 0.426. The Balaban J connectivity index is 3.32. The van der Waals surface area contributed by atoms with E-state index in [9.17, 15) is 19.8 Å². The Hall–Kier alpha value is -1.82. The van der Waals surface area contributed by atoms with Crippen LogP contribution >= 0.6 is 0 Å². The SMILES string of the molecule is CCCC(C(=O)O)n1cc(O)c(=O)cc1CN(C)C. The summed E-state index contributed by atoms with van der Waals surface area (Å²) in [5, 5.41) is 18.8. The van der Waals surface area contributed by atoms with Gasteiger partial charge in [0.1, 0.15) is 6.04 Å². The van der Waals surface area contributed by atoms with Crippen LogP contribution in [0.1, 0.15) is 31.5 Å². The summed E-state index contributed by atoms with van der Waals surface area (Å²) in [5.74, 6) is -1.39. The molecule has 6 nitrogen and oxygen atoms in total. The Kier molecular flexibility index (Phi) is 5.11. The maximum atomic E-state index is 11.5. The molecule has 1 atom stereocenters. The van der Waals surface area contributed by atoms with E-state index in [0.29, 0.717) is 25.1 Å². The fourth-order valence-electron chi connectivity index (χ4n) is 1.97. The highest BCUT2D eigenvalue weighted by Crippen LogP contribution is 2.19. The second kappa shape index (κ2) is 6.38. The largest absolute Gasteiger partial charge is 0.503 e. The summed E-state index contributed by atoms with van der Waals surface area (Å²) in [4.78, 5) is 24.7. The zero-order chi connectivity index (χ0) is 14.6. The Bertz CT molecular complexity index is 508. The highest BCUT2D eigenvalue weighted by atomic mass is 16.4. The van der Waals surface area contributed by atoms with Crippen molar-refractivity contribution < 1.29 is 15.0 Å². The van der Waals surface area contributed by atoms with Crippen molar-refractivity contribution in [3.05, 3.63) is 28.2 Å². The molecule has 6 heteroatoms. The van der Waals surface area contributed by atoms with Gasteiger partial charge >= 0.3 is 5.97 Å². The van der Waals surface area contributed by atoms with E-state index in [1.807, 2.05) is 25.9 Å². The number of aromatic hydroxyl groups is 1. The predicted octanol–water partition coefficient (Wildman–Crippen LogP) is 1.04. The van der Waals surface area contributed by atoms with E-state index in [1.165, 1.54) is 16.8 Å². The molecule has 2 N–H and O–H groups in total. The van der Waals surface area contributed by atoms with Crippen LogP contribution < -0.4 is 5.43 Å². The summed E-state index contributed by atoms with van der Waals surface area (Å²) in [6, 6.07) is 0.521. The summed E-state index contributed by atoms with van der Waals surface area (Å²) < 4.78 is 1.47. The molecule has 1 aromatic rings. The lowest BCUT2D eigenvalue weighted by molar-refractivity contribution is -0.141. The van der Waals surface area contributed by atoms with Gasteiger partial charge in [-0.25, -0.2) is 4.79 Å². The number of aromatic nitrogens is 1. The van der Waals surface area contributed by atoms with Gasteiger partial charge < -0.3 is 19.7 Å². The monoisotopic (exact) mass is 268 g/mol. The summed E-state index contributed by atoms with van der Waals surface area (Å²) in [5.41, 5.74) is 0.0855. The van der Waals surface area contributed by atoms with E-state index in [1.54, 1.807) is 0 Å². The van der Waals surface area contributed by atoms with Crippen molar-refractivity contribution >= 4 is 5.97 Å². The quantitative estimate of drug-likeness (QED) is 0.805. The normalized spacial score (nSPS) is 12.6. The lowest BCUT2D eigenvalue weighted by Gasteiger charge is -2.22. The average Bonchev–Trinajstić information content (AvgIpc) is 2.30. The molecule has 1 heterocycles. The molecule has 0 aliphatic heterocycles. The fourth-order valence-corrected chi connectivity index (χ4v) is 1.97. The molecule has 0 aliphatic rings. The van der Waals surface area contributed by atoms with E-state index in [2.05, 4.69) is 0 Å². The molecule has 1 aromatic heterocycles. The number of carbonyl (C=O) groups is 1. The summed E-state index contributed by atoms with van der Waals surface area (Å²) in [6.07, 6.45) is 2.36. The van der Waals surface area contributed by atoms with Crippen LogP contribution in [0.5, 0.6) is 5.75 Å². The van der Waals surface area contributed by atoms with Gasteiger partial charge in [0, 0.05) is 18.3 Å². The van der Waals surface area contributed by atoms with E-state index in [4.69, 9.17) is 0 Å². The predicted molar refractivity (Wildman–Crippen MR) is 71.3 cm³/mol. The number of aliphatic carboxylic acids is 1. The molecule has 0 saturated carbocycles. The molecule has 106 valence electrons. The van der Waals surface area contributed by atoms with Crippen LogP contribution in [0.2, 0.25) is 0 Å². The number of hydrogen-bond acceptors (Lipinski definition) is 4. The Labute approximate surface area is 111 Å². The molecule has 0 aliphatic carbocycles.